The summed E-state index contributed by atoms with van der Waals surface area (Å²) in [6.45, 7) is 1.32. The summed E-state index contributed by atoms with van der Waals surface area (Å²) in [4.78, 5) is 0. The maximum Gasteiger partial charge on any atom is 0.216 e. The average Bonchev–Trinajstić information content (AvgIpc) is 2.83. The van der Waals surface area contributed by atoms with E-state index in [2.05, 4.69) is 5.10 Å². The van der Waals surface area contributed by atoms with Crippen LogP contribution in [0, 0.1) is 0 Å². The summed E-state index contributed by atoms with van der Waals surface area (Å²) >= 11 is 0. The highest BCUT2D eigenvalue weighted by atomic mass is 32.2. The van der Waals surface area contributed by atoms with Crippen LogP contribution in [0.4, 0.5) is 0 Å². The number of rotatable bonds is 5. The molecule has 108 valence electrons. The summed E-state index contributed by atoms with van der Waals surface area (Å²) in [6.07, 6.45) is 3.30. The number of nitrogens with zero attached hydrogens (tertiary/aromatic N) is 3. The van der Waals surface area contributed by atoms with Crippen LogP contribution in [0.1, 0.15) is 11.7 Å². The van der Waals surface area contributed by atoms with Gasteiger partial charge in [0.15, 0.2) is 0 Å². The Morgan fingerprint density at radius 2 is 2.37 bits per heavy atom. The monoisotopic (exact) mass is 289 g/mol. The van der Waals surface area contributed by atoms with Gasteiger partial charge in [0.1, 0.15) is 0 Å². The summed E-state index contributed by atoms with van der Waals surface area (Å²) in [6, 6.07) is 0. The molecule has 1 fully saturated rings. The van der Waals surface area contributed by atoms with E-state index in [1.807, 2.05) is 13.2 Å². The minimum atomic E-state index is -3.28. The number of aromatic nitrogens is 2. The molecular formula is C11H19N3O4S. The van der Waals surface area contributed by atoms with E-state index in [4.69, 9.17) is 9.47 Å². The first-order valence-corrected chi connectivity index (χ1v) is 7.71. The molecule has 2 rings (SSSR count). The second kappa shape index (κ2) is 6.00. The molecule has 1 atom stereocenters. The van der Waals surface area contributed by atoms with Gasteiger partial charge in [0.2, 0.25) is 10.0 Å². The number of methoxy groups -OCH3 is 1. The van der Waals surface area contributed by atoms with Crippen LogP contribution in [0.2, 0.25) is 0 Å². The zero-order valence-corrected chi connectivity index (χ0v) is 12.0. The zero-order chi connectivity index (χ0) is 13.9. The fourth-order valence-corrected chi connectivity index (χ4v) is 3.35. The summed E-state index contributed by atoms with van der Waals surface area (Å²) in [5.74, 6) is 0.00323. The highest BCUT2D eigenvalue weighted by molar-refractivity contribution is 7.89. The highest BCUT2D eigenvalue weighted by Gasteiger charge is 2.30. The van der Waals surface area contributed by atoms with Crippen LogP contribution in [0.15, 0.2) is 12.4 Å². The van der Waals surface area contributed by atoms with Gasteiger partial charge in [-0.15, -0.1) is 0 Å². The molecule has 0 aromatic carbocycles. The third-order valence-corrected chi connectivity index (χ3v) is 4.87. The molecule has 7 nitrogen and oxygen atoms in total. The third kappa shape index (κ3) is 3.53. The molecule has 8 heteroatoms. The van der Waals surface area contributed by atoms with Gasteiger partial charge in [0.05, 0.1) is 31.3 Å². The zero-order valence-electron chi connectivity index (χ0n) is 11.2. The molecule has 0 saturated carbocycles. The van der Waals surface area contributed by atoms with Gasteiger partial charge in [-0.2, -0.15) is 9.40 Å². The molecule has 0 spiro atoms. The lowest BCUT2D eigenvalue weighted by molar-refractivity contribution is -0.00272. The summed E-state index contributed by atoms with van der Waals surface area (Å²) < 4.78 is 37.8. The van der Waals surface area contributed by atoms with Crippen molar-refractivity contribution in [2.45, 2.75) is 6.10 Å². The number of sulfonamides is 1. The fraction of sp³-hybridized carbons (Fsp3) is 0.727. The van der Waals surface area contributed by atoms with Gasteiger partial charge in [-0.1, -0.05) is 0 Å². The van der Waals surface area contributed by atoms with Crippen molar-refractivity contribution in [2.75, 3.05) is 39.2 Å². The van der Waals surface area contributed by atoms with E-state index in [1.54, 1.807) is 10.9 Å². The molecular weight excluding hydrogens is 270 g/mol. The van der Waals surface area contributed by atoms with E-state index >= 15 is 0 Å². The number of ether oxygens (including phenoxy) is 2. The topological polar surface area (TPSA) is 73.7 Å². The van der Waals surface area contributed by atoms with E-state index in [9.17, 15) is 8.42 Å². The average molecular weight is 289 g/mol. The first-order chi connectivity index (χ1) is 9.03. The Bertz CT molecular complexity index is 514. The fourth-order valence-electron chi connectivity index (χ4n) is 2.00. The van der Waals surface area contributed by atoms with Crippen LogP contribution in [0.3, 0.4) is 0 Å². The van der Waals surface area contributed by atoms with Crippen molar-refractivity contribution in [3.8, 4) is 0 Å². The van der Waals surface area contributed by atoms with E-state index < -0.39 is 10.0 Å². The van der Waals surface area contributed by atoms with Gasteiger partial charge in [0.25, 0.3) is 0 Å². The first-order valence-electron chi connectivity index (χ1n) is 6.10. The summed E-state index contributed by atoms with van der Waals surface area (Å²) in [5, 5.41) is 4.08. The second-order valence-electron chi connectivity index (χ2n) is 4.47. The van der Waals surface area contributed by atoms with Crippen molar-refractivity contribution >= 4 is 10.0 Å². The predicted octanol–water partition coefficient (Wildman–Crippen LogP) is -0.230. The Hall–Kier alpha value is -0.960. The van der Waals surface area contributed by atoms with Crippen LogP contribution in [0.25, 0.3) is 0 Å². The minimum absolute atomic E-state index is 0.00323. The normalized spacial score (nSPS) is 21.7. The smallest absolute Gasteiger partial charge is 0.216 e. The van der Waals surface area contributed by atoms with Crippen molar-refractivity contribution in [2.24, 2.45) is 7.05 Å². The molecule has 1 aliphatic rings. The van der Waals surface area contributed by atoms with Gasteiger partial charge in [-0.3, -0.25) is 4.68 Å². The Kier molecular flexibility index (Phi) is 4.56. The number of aryl methyl sites for hydroxylation is 1. The Labute approximate surface area is 113 Å². The predicted molar refractivity (Wildman–Crippen MR) is 69.1 cm³/mol. The van der Waals surface area contributed by atoms with Gasteiger partial charge in [-0.05, 0) is 0 Å². The molecule has 1 saturated heterocycles. The third-order valence-electron chi connectivity index (χ3n) is 3.06. The maximum atomic E-state index is 12.1. The van der Waals surface area contributed by atoms with Crippen molar-refractivity contribution < 1.29 is 17.9 Å². The van der Waals surface area contributed by atoms with Crippen LogP contribution >= 0.6 is 0 Å². The van der Waals surface area contributed by atoms with Crippen molar-refractivity contribution in [3.05, 3.63) is 18.0 Å². The number of hydrogen-bond acceptors (Lipinski definition) is 5. The molecule has 19 heavy (non-hydrogen) atoms. The summed E-state index contributed by atoms with van der Waals surface area (Å²) in [7, 11) is 0.0337. The summed E-state index contributed by atoms with van der Waals surface area (Å²) in [5.41, 5.74) is 0.897. The van der Waals surface area contributed by atoms with Gasteiger partial charge >= 0.3 is 0 Å². The lowest BCUT2D eigenvalue weighted by Gasteiger charge is -2.31. The Balaban J connectivity index is 2.05. The molecule has 2 heterocycles. The van der Waals surface area contributed by atoms with E-state index in [0.29, 0.717) is 19.7 Å². The molecule has 0 aliphatic carbocycles. The van der Waals surface area contributed by atoms with Crippen molar-refractivity contribution in [3.63, 3.8) is 0 Å². The van der Waals surface area contributed by atoms with Crippen LogP contribution < -0.4 is 0 Å². The Morgan fingerprint density at radius 1 is 1.58 bits per heavy atom. The van der Waals surface area contributed by atoms with Gasteiger partial charge in [0, 0.05) is 39.0 Å². The van der Waals surface area contributed by atoms with Gasteiger partial charge in [-0.25, -0.2) is 8.42 Å². The van der Waals surface area contributed by atoms with Crippen LogP contribution in [-0.2, 0) is 26.5 Å². The molecule has 1 aliphatic heterocycles. The molecule has 1 aromatic heterocycles. The van der Waals surface area contributed by atoms with Crippen LogP contribution in [0.5, 0.6) is 0 Å². The van der Waals surface area contributed by atoms with Gasteiger partial charge < -0.3 is 9.47 Å². The quantitative estimate of drug-likeness (QED) is 0.748. The molecule has 1 aromatic rings. The minimum Gasteiger partial charge on any atom is -0.384 e. The van der Waals surface area contributed by atoms with Crippen molar-refractivity contribution in [1.29, 1.82) is 0 Å². The molecule has 0 bridgehead atoms. The van der Waals surface area contributed by atoms with E-state index in [1.165, 1.54) is 11.4 Å². The van der Waals surface area contributed by atoms with Crippen molar-refractivity contribution in [1.82, 2.24) is 14.1 Å². The molecule has 0 radical (unpaired) electrons. The SMILES string of the molecule is COCCS(=O)(=O)N1CCOC(c2cnn(C)c2)C1. The lowest BCUT2D eigenvalue weighted by atomic mass is 10.2. The standard InChI is InChI=1S/C11H19N3O4S/c1-13-8-10(7-12-13)11-9-14(3-4-18-11)19(15,16)6-5-17-2/h7-8,11H,3-6,9H2,1-2H3. The lowest BCUT2D eigenvalue weighted by Crippen LogP contribution is -2.43. The first kappa shape index (κ1) is 14.4. The number of hydrogen-bond donors (Lipinski definition) is 0. The highest BCUT2D eigenvalue weighted by Crippen LogP contribution is 2.23. The molecule has 1 unspecified atom stereocenters. The van der Waals surface area contributed by atoms with E-state index in [-0.39, 0.29) is 18.5 Å². The largest absolute Gasteiger partial charge is 0.384 e. The molecule has 0 amide bonds. The number of morpholine rings is 1. The Morgan fingerprint density at radius 3 is 3.00 bits per heavy atom. The van der Waals surface area contributed by atoms with Crippen LogP contribution in [-0.4, -0.2) is 61.7 Å². The second-order valence-corrected chi connectivity index (χ2v) is 6.56. The molecule has 0 N–H and O–H groups in total. The van der Waals surface area contributed by atoms with E-state index in [0.717, 1.165) is 5.56 Å². The maximum absolute atomic E-state index is 12.1.